The topological polar surface area (TPSA) is 39.1 Å². The summed E-state index contributed by atoms with van der Waals surface area (Å²) in [6.07, 6.45) is 0.938. The van der Waals surface area contributed by atoms with Gasteiger partial charge in [0.05, 0.1) is 12.8 Å². The van der Waals surface area contributed by atoms with Crippen molar-refractivity contribution < 1.29 is 4.74 Å². The Labute approximate surface area is 174 Å². The molecule has 0 aliphatic carbocycles. The molecular weight excluding hydrogens is 382 g/mol. The Bertz CT molecular complexity index is 1170. The number of nitrogens with one attached hydrogen (secondary N) is 1. The van der Waals surface area contributed by atoms with Gasteiger partial charge in [-0.15, -0.1) is 0 Å². The van der Waals surface area contributed by atoms with Gasteiger partial charge in [0.2, 0.25) is 0 Å². The van der Waals surface area contributed by atoms with Crippen molar-refractivity contribution in [3.8, 4) is 33.8 Å². The smallest absolute Gasteiger partial charge is 0.144 e. The molecule has 0 unspecified atom stereocenters. The van der Waals surface area contributed by atoms with Gasteiger partial charge in [-0.3, -0.25) is 0 Å². The first kappa shape index (κ1) is 17.8. The minimum atomic E-state index is 0.650. The highest BCUT2D eigenvalue weighted by Gasteiger charge is 2.25. The second kappa shape index (κ2) is 7.30. The predicted molar refractivity (Wildman–Crippen MR) is 118 cm³/mol. The fourth-order valence-electron chi connectivity index (χ4n) is 3.86. The van der Waals surface area contributed by atoms with Crippen molar-refractivity contribution in [2.75, 3.05) is 19.0 Å². The molecule has 0 amide bonds. The quantitative estimate of drug-likeness (QED) is 0.467. The number of aromatic nitrogens is 2. The van der Waals surface area contributed by atoms with E-state index in [2.05, 4.69) is 53.8 Å². The Hall–Kier alpha value is -3.24. The first-order valence-electron chi connectivity index (χ1n) is 9.60. The maximum absolute atomic E-state index is 6.26. The van der Waals surface area contributed by atoms with Gasteiger partial charge < -0.3 is 10.1 Å². The van der Waals surface area contributed by atoms with E-state index in [0.717, 1.165) is 41.5 Å². The van der Waals surface area contributed by atoms with Gasteiger partial charge >= 0.3 is 0 Å². The molecule has 0 bridgehead atoms. The zero-order valence-corrected chi connectivity index (χ0v) is 16.8. The minimum Gasteiger partial charge on any atom is -0.494 e. The van der Waals surface area contributed by atoms with E-state index in [9.17, 15) is 0 Å². The van der Waals surface area contributed by atoms with Gasteiger partial charge in [-0.05, 0) is 35.7 Å². The Balaban J connectivity index is 1.59. The maximum atomic E-state index is 6.26. The molecule has 3 aromatic carbocycles. The van der Waals surface area contributed by atoms with Crippen LogP contribution in [0.1, 0.15) is 5.56 Å². The molecular formula is C24H20ClN3O. The van der Waals surface area contributed by atoms with Crippen molar-refractivity contribution in [1.29, 1.82) is 0 Å². The number of hydrogen-bond donors (Lipinski definition) is 1. The molecule has 29 heavy (non-hydrogen) atoms. The third-order valence-electron chi connectivity index (χ3n) is 5.29. The van der Waals surface area contributed by atoms with Crippen LogP contribution in [0, 0.1) is 0 Å². The maximum Gasteiger partial charge on any atom is 0.144 e. The van der Waals surface area contributed by atoms with Crippen molar-refractivity contribution in [1.82, 2.24) is 9.78 Å². The normalized spacial score (nSPS) is 12.5. The second-order valence-electron chi connectivity index (χ2n) is 7.02. The van der Waals surface area contributed by atoms with Crippen molar-refractivity contribution in [3.63, 3.8) is 0 Å². The van der Waals surface area contributed by atoms with E-state index in [-0.39, 0.29) is 0 Å². The zero-order valence-electron chi connectivity index (χ0n) is 16.0. The van der Waals surface area contributed by atoms with Crippen molar-refractivity contribution in [3.05, 3.63) is 83.4 Å². The number of hydrogen-bond acceptors (Lipinski definition) is 3. The molecule has 1 aromatic heterocycles. The lowest BCUT2D eigenvalue weighted by molar-refractivity contribution is 0.412. The molecule has 5 heteroatoms. The number of rotatable bonds is 4. The molecule has 0 atom stereocenters. The SMILES string of the molecule is COc1ccc(Cl)cc1-n1nc(-c2ccc(-c3ccccc3)cc2)c2c1NCC2. The number of benzene rings is 3. The number of methoxy groups -OCH3 is 1. The van der Waals surface area contributed by atoms with Gasteiger partial charge in [0.15, 0.2) is 0 Å². The number of fused-ring (bicyclic) bond motifs is 1. The largest absolute Gasteiger partial charge is 0.494 e. The van der Waals surface area contributed by atoms with Gasteiger partial charge in [0.1, 0.15) is 17.3 Å². The third kappa shape index (κ3) is 3.15. The summed E-state index contributed by atoms with van der Waals surface area (Å²) in [7, 11) is 1.66. The summed E-state index contributed by atoms with van der Waals surface area (Å²) < 4.78 is 7.46. The van der Waals surface area contributed by atoms with Crippen molar-refractivity contribution >= 4 is 17.4 Å². The Morgan fingerprint density at radius 1 is 0.931 bits per heavy atom. The lowest BCUT2D eigenvalue weighted by atomic mass is 10.0. The van der Waals surface area contributed by atoms with Gasteiger partial charge in [-0.25, -0.2) is 4.68 Å². The van der Waals surface area contributed by atoms with Crippen molar-refractivity contribution in [2.45, 2.75) is 6.42 Å². The van der Waals surface area contributed by atoms with Crippen molar-refractivity contribution in [2.24, 2.45) is 0 Å². The number of halogens is 1. The monoisotopic (exact) mass is 401 g/mol. The van der Waals surface area contributed by atoms with Gasteiger partial charge in [-0.2, -0.15) is 5.10 Å². The molecule has 1 N–H and O–H groups in total. The molecule has 1 aliphatic heterocycles. The number of anilines is 1. The summed E-state index contributed by atoms with van der Waals surface area (Å²) >= 11 is 6.26. The van der Waals surface area contributed by atoms with Gasteiger partial charge in [0, 0.05) is 22.7 Å². The second-order valence-corrected chi connectivity index (χ2v) is 7.46. The molecule has 0 radical (unpaired) electrons. The third-order valence-corrected chi connectivity index (χ3v) is 5.52. The lowest BCUT2D eigenvalue weighted by Crippen LogP contribution is -2.05. The Kier molecular flexibility index (Phi) is 4.49. The van der Waals surface area contributed by atoms with Crippen LogP contribution in [0.15, 0.2) is 72.8 Å². The zero-order chi connectivity index (χ0) is 19.8. The summed E-state index contributed by atoms with van der Waals surface area (Å²) in [5.41, 5.74) is 6.55. The molecule has 5 rings (SSSR count). The molecule has 0 fully saturated rings. The molecule has 0 saturated heterocycles. The lowest BCUT2D eigenvalue weighted by Gasteiger charge is -2.11. The standard InChI is InChI=1S/C24H20ClN3O/c1-29-22-12-11-19(25)15-21(22)28-24-20(13-14-26-24)23(27-28)18-9-7-17(8-10-18)16-5-3-2-4-6-16/h2-12,15,26H,13-14H2,1H3. The molecule has 4 nitrogen and oxygen atoms in total. The summed E-state index contributed by atoms with van der Waals surface area (Å²) in [5.74, 6) is 1.74. The van der Waals surface area contributed by atoms with Gasteiger partial charge in [0.25, 0.3) is 0 Å². The number of ether oxygens (including phenoxy) is 1. The van der Waals surface area contributed by atoms with Crippen LogP contribution in [-0.2, 0) is 6.42 Å². The highest BCUT2D eigenvalue weighted by Crippen LogP contribution is 2.38. The average molecular weight is 402 g/mol. The summed E-state index contributed by atoms with van der Waals surface area (Å²) in [6.45, 7) is 0.894. The fraction of sp³-hybridized carbons (Fsp3) is 0.125. The summed E-state index contributed by atoms with van der Waals surface area (Å²) in [6, 6.07) is 24.6. The van der Waals surface area contributed by atoms with Crippen LogP contribution >= 0.6 is 11.6 Å². The van der Waals surface area contributed by atoms with E-state index in [0.29, 0.717) is 5.02 Å². The molecule has 2 heterocycles. The van der Waals surface area contributed by atoms with Crippen LogP contribution in [-0.4, -0.2) is 23.4 Å². The van der Waals surface area contributed by atoms with E-state index >= 15 is 0 Å². The molecule has 144 valence electrons. The van der Waals surface area contributed by atoms with Crippen LogP contribution in [0.3, 0.4) is 0 Å². The fourth-order valence-corrected chi connectivity index (χ4v) is 4.03. The first-order chi connectivity index (χ1) is 14.2. The van der Waals surface area contributed by atoms with E-state index in [1.165, 1.54) is 16.7 Å². The minimum absolute atomic E-state index is 0.650. The van der Waals surface area contributed by atoms with E-state index in [4.69, 9.17) is 21.4 Å². The van der Waals surface area contributed by atoms with Crippen LogP contribution in [0.5, 0.6) is 5.75 Å². The predicted octanol–water partition coefficient (Wildman–Crippen LogP) is 5.84. The first-order valence-corrected chi connectivity index (χ1v) is 9.98. The summed E-state index contributed by atoms with van der Waals surface area (Å²) in [4.78, 5) is 0. The molecule has 0 saturated carbocycles. The highest BCUT2D eigenvalue weighted by atomic mass is 35.5. The van der Waals surface area contributed by atoms with Crippen LogP contribution in [0.25, 0.3) is 28.1 Å². The molecule has 1 aliphatic rings. The van der Waals surface area contributed by atoms with Crippen LogP contribution in [0.2, 0.25) is 5.02 Å². The average Bonchev–Trinajstić information content (AvgIpc) is 3.37. The van der Waals surface area contributed by atoms with E-state index in [1.54, 1.807) is 7.11 Å². The highest BCUT2D eigenvalue weighted by molar-refractivity contribution is 6.30. The van der Waals surface area contributed by atoms with Gasteiger partial charge in [-0.1, -0.05) is 66.2 Å². The van der Waals surface area contributed by atoms with E-state index < -0.39 is 0 Å². The Morgan fingerprint density at radius 3 is 2.41 bits per heavy atom. The Morgan fingerprint density at radius 2 is 1.66 bits per heavy atom. The van der Waals surface area contributed by atoms with Crippen LogP contribution < -0.4 is 10.1 Å². The number of nitrogens with zero attached hydrogens (tertiary/aromatic N) is 2. The summed E-state index contributed by atoms with van der Waals surface area (Å²) in [5, 5.41) is 9.06. The molecule has 0 spiro atoms. The molecule has 4 aromatic rings. The van der Waals surface area contributed by atoms with Crippen LogP contribution in [0.4, 0.5) is 5.82 Å². The van der Waals surface area contributed by atoms with E-state index in [1.807, 2.05) is 28.9 Å².